The number of carbonyl (C=O) groups excluding carboxylic acids is 1. The van der Waals surface area contributed by atoms with Crippen molar-refractivity contribution in [3.8, 4) is 11.5 Å². The van der Waals surface area contributed by atoms with E-state index in [1.807, 2.05) is 25.1 Å². The minimum Gasteiger partial charge on any atom is -0.508 e. The van der Waals surface area contributed by atoms with Crippen molar-refractivity contribution in [3.05, 3.63) is 59.2 Å². The Bertz CT molecular complexity index is 585. The molecule has 0 unspecified atom stereocenters. The van der Waals surface area contributed by atoms with Crippen LogP contribution in [0, 0.1) is 6.92 Å². The third-order valence-electron chi connectivity index (χ3n) is 2.92. The van der Waals surface area contributed by atoms with Crippen molar-refractivity contribution in [2.75, 3.05) is 0 Å². The topological polar surface area (TPSA) is 46.5 Å². The predicted octanol–water partition coefficient (Wildman–Crippen LogP) is 3.48. The summed E-state index contributed by atoms with van der Waals surface area (Å²) in [5.74, 6) is 1.03. The highest BCUT2D eigenvalue weighted by molar-refractivity contribution is 5.95. The average molecular weight is 256 g/mol. The molecule has 0 aliphatic rings. The maximum atomic E-state index is 11.3. The number of ether oxygens (including phenoxy) is 1. The summed E-state index contributed by atoms with van der Waals surface area (Å²) in [4.78, 5) is 11.3. The maximum Gasteiger partial charge on any atom is 0.160 e. The number of ketones is 1. The molecule has 0 aliphatic carbocycles. The van der Waals surface area contributed by atoms with Crippen LogP contribution in [-0.2, 0) is 6.61 Å². The molecule has 1 N–H and O–H groups in total. The molecule has 0 saturated heterocycles. The maximum absolute atomic E-state index is 11.3. The number of phenols is 1. The van der Waals surface area contributed by atoms with Crippen LogP contribution in [0.2, 0.25) is 0 Å². The van der Waals surface area contributed by atoms with Crippen molar-refractivity contribution in [1.82, 2.24) is 0 Å². The Balaban J connectivity index is 2.06. The fourth-order valence-electron chi connectivity index (χ4n) is 1.88. The van der Waals surface area contributed by atoms with E-state index in [-0.39, 0.29) is 11.5 Å². The van der Waals surface area contributed by atoms with Crippen molar-refractivity contribution in [1.29, 1.82) is 0 Å². The Morgan fingerprint density at radius 3 is 2.42 bits per heavy atom. The molecule has 98 valence electrons. The van der Waals surface area contributed by atoms with Crippen molar-refractivity contribution in [3.63, 3.8) is 0 Å². The van der Waals surface area contributed by atoms with Crippen LogP contribution in [0.5, 0.6) is 11.5 Å². The number of aryl methyl sites for hydroxylation is 1. The van der Waals surface area contributed by atoms with Crippen molar-refractivity contribution < 1.29 is 14.6 Å². The van der Waals surface area contributed by atoms with E-state index < -0.39 is 0 Å². The van der Waals surface area contributed by atoms with E-state index in [0.717, 1.165) is 22.4 Å². The third-order valence-corrected chi connectivity index (χ3v) is 2.92. The van der Waals surface area contributed by atoms with Gasteiger partial charge in [-0.15, -0.1) is 0 Å². The van der Waals surface area contributed by atoms with E-state index in [1.165, 1.54) is 0 Å². The number of phenolic OH excluding ortho intramolecular Hbond substituents is 1. The van der Waals surface area contributed by atoms with Gasteiger partial charge in [0.1, 0.15) is 18.1 Å². The Labute approximate surface area is 112 Å². The van der Waals surface area contributed by atoms with E-state index in [2.05, 4.69) is 0 Å². The normalized spacial score (nSPS) is 10.2. The summed E-state index contributed by atoms with van der Waals surface area (Å²) >= 11 is 0. The second-order valence-electron chi connectivity index (χ2n) is 4.49. The van der Waals surface area contributed by atoms with Crippen LogP contribution in [0.1, 0.15) is 28.4 Å². The standard InChI is InChI=1S/C16H16O3/c1-11-9-15(7-8-16(11)12(2)17)19-10-13-3-5-14(18)6-4-13/h3-9,18H,10H2,1-2H3. The lowest BCUT2D eigenvalue weighted by Gasteiger charge is -2.09. The van der Waals surface area contributed by atoms with Crippen LogP contribution in [0.15, 0.2) is 42.5 Å². The Morgan fingerprint density at radius 1 is 1.16 bits per heavy atom. The van der Waals surface area contributed by atoms with Gasteiger partial charge in [0.25, 0.3) is 0 Å². The number of hydrogen-bond acceptors (Lipinski definition) is 3. The second-order valence-corrected chi connectivity index (χ2v) is 4.49. The van der Waals surface area contributed by atoms with E-state index in [1.54, 1.807) is 31.2 Å². The predicted molar refractivity (Wildman–Crippen MR) is 73.6 cm³/mol. The molecule has 3 heteroatoms. The highest BCUT2D eigenvalue weighted by Gasteiger charge is 2.05. The summed E-state index contributed by atoms with van der Waals surface area (Å²) in [6.07, 6.45) is 0. The van der Waals surface area contributed by atoms with Gasteiger partial charge < -0.3 is 9.84 Å². The molecule has 0 saturated carbocycles. The Kier molecular flexibility index (Phi) is 3.85. The molecule has 2 aromatic carbocycles. The summed E-state index contributed by atoms with van der Waals surface area (Å²) < 4.78 is 5.65. The lowest BCUT2D eigenvalue weighted by atomic mass is 10.1. The summed E-state index contributed by atoms with van der Waals surface area (Å²) in [6.45, 7) is 3.88. The van der Waals surface area contributed by atoms with Crippen LogP contribution in [-0.4, -0.2) is 10.9 Å². The molecular weight excluding hydrogens is 240 g/mol. The zero-order valence-corrected chi connectivity index (χ0v) is 11.0. The van der Waals surface area contributed by atoms with Crippen molar-refractivity contribution in [2.45, 2.75) is 20.5 Å². The molecule has 0 bridgehead atoms. The molecule has 0 aromatic heterocycles. The fourth-order valence-corrected chi connectivity index (χ4v) is 1.88. The minimum absolute atomic E-state index is 0.0579. The lowest BCUT2D eigenvalue weighted by Crippen LogP contribution is -1.99. The number of Topliss-reactive ketones (excluding diaryl/α,β-unsaturated/α-hetero) is 1. The molecule has 0 fully saturated rings. The van der Waals surface area contributed by atoms with Gasteiger partial charge in [-0.2, -0.15) is 0 Å². The number of benzene rings is 2. The molecule has 19 heavy (non-hydrogen) atoms. The van der Waals surface area contributed by atoms with Gasteiger partial charge in [0, 0.05) is 5.56 Å². The van der Waals surface area contributed by atoms with E-state index in [0.29, 0.717) is 6.61 Å². The Hall–Kier alpha value is -2.29. The molecule has 3 nitrogen and oxygen atoms in total. The van der Waals surface area contributed by atoms with Crippen LogP contribution in [0.3, 0.4) is 0 Å². The quantitative estimate of drug-likeness (QED) is 0.852. The highest BCUT2D eigenvalue weighted by atomic mass is 16.5. The summed E-state index contributed by atoms with van der Waals surface area (Å²) in [6, 6.07) is 12.3. The van der Waals surface area contributed by atoms with E-state index in [4.69, 9.17) is 4.74 Å². The highest BCUT2D eigenvalue weighted by Crippen LogP contribution is 2.19. The van der Waals surface area contributed by atoms with Crippen LogP contribution < -0.4 is 4.74 Å². The van der Waals surface area contributed by atoms with Gasteiger partial charge in [-0.1, -0.05) is 12.1 Å². The van der Waals surface area contributed by atoms with Crippen LogP contribution in [0.4, 0.5) is 0 Å². The summed E-state index contributed by atoms with van der Waals surface area (Å²) in [7, 11) is 0. The number of hydrogen-bond donors (Lipinski definition) is 1. The first-order valence-corrected chi connectivity index (χ1v) is 6.08. The van der Waals surface area contributed by atoms with E-state index in [9.17, 15) is 9.90 Å². The number of rotatable bonds is 4. The monoisotopic (exact) mass is 256 g/mol. The third kappa shape index (κ3) is 3.35. The van der Waals surface area contributed by atoms with Gasteiger partial charge in [-0.3, -0.25) is 4.79 Å². The van der Waals surface area contributed by atoms with Crippen LogP contribution in [0.25, 0.3) is 0 Å². The molecule has 0 atom stereocenters. The number of aromatic hydroxyl groups is 1. The molecule has 2 rings (SSSR count). The zero-order valence-electron chi connectivity index (χ0n) is 11.0. The molecule has 0 spiro atoms. The van der Waals surface area contributed by atoms with Gasteiger partial charge in [-0.25, -0.2) is 0 Å². The smallest absolute Gasteiger partial charge is 0.160 e. The first-order chi connectivity index (χ1) is 9.06. The van der Waals surface area contributed by atoms with Gasteiger partial charge in [0.15, 0.2) is 5.78 Å². The molecule has 0 heterocycles. The molecule has 0 aliphatic heterocycles. The summed E-state index contributed by atoms with van der Waals surface area (Å²) in [5.41, 5.74) is 2.61. The fraction of sp³-hybridized carbons (Fsp3) is 0.188. The van der Waals surface area contributed by atoms with Gasteiger partial charge >= 0.3 is 0 Å². The lowest BCUT2D eigenvalue weighted by molar-refractivity contribution is 0.101. The summed E-state index contributed by atoms with van der Waals surface area (Å²) in [5, 5.41) is 9.19. The first-order valence-electron chi connectivity index (χ1n) is 6.08. The SMILES string of the molecule is CC(=O)c1ccc(OCc2ccc(O)cc2)cc1C. The second kappa shape index (κ2) is 5.57. The van der Waals surface area contributed by atoms with Gasteiger partial charge in [0.05, 0.1) is 0 Å². The first kappa shape index (κ1) is 13.1. The Morgan fingerprint density at radius 2 is 1.84 bits per heavy atom. The van der Waals surface area contributed by atoms with Gasteiger partial charge in [-0.05, 0) is 55.3 Å². The molecule has 0 radical (unpaired) electrons. The minimum atomic E-state index is 0.0579. The van der Waals surface area contributed by atoms with Gasteiger partial charge in [0.2, 0.25) is 0 Å². The van der Waals surface area contributed by atoms with Crippen LogP contribution >= 0.6 is 0 Å². The van der Waals surface area contributed by atoms with Crippen molar-refractivity contribution in [2.24, 2.45) is 0 Å². The zero-order chi connectivity index (χ0) is 13.8. The van der Waals surface area contributed by atoms with E-state index >= 15 is 0 Å². The van der Waals surface area contributed by atoms with Crippen molar-refractivity contribution >= 4 is 5.78 Å². The molecule has 0 amide bonds. The largest absolute Gasteiger partial charge is 0.508 e. The average Bonchev–Trinajstić information content (AvgIpc) is 2.37. The molecular formula is C16H16O3. The number of carbonyl (C=O) groups is 1. The molecule has 2 aromatic rings.